The Hall–Kier alpha value is -1.90. The van der Waals surface area contributed by atoms with Gasteiger partial charge in [-0.3, -0.25) is 0 Å². The van der Waals surface area contributed by atoms with E-state index < -0.39 is 0 Å². The molecule has 26 heavy (non-hydrogen) atoms. The maximum absolute atomic E-state index is 12.8. The summed E-state index contributed by atoms with van der Waals surface area (Å²) in [6.07, 6.45) is 5.74. The average Bonchev–Trinajstić information content (AvgIpc) is 3.21. The third-order valence-electron chi connectivity index (χ3n) is 4.83. The van der Waals surface area contributed by atoms with Crippen LogP contribution >= 0.6 is 0 Å². The quantitative estimate of drug-likeness (QED) is 0.369. The number of Topliss-reactive ketones (excluding diaryl/α,β-unsaturated/α-hetero) is 1. The van der Waals surface area contributed by atoms with Crippen molar-refractivity contribution in [1.82, 2.24) is 0 Å². The normalized spacial score (nSPS) is 15.6. The van der Waals surface area contributed by atoms with Crippen molar-refractivity contribution >= 4 is 26.7 Å². The average molecular weight is 415 g/mol. The molecule has 0 aromatic heterocycles. The number of ketones is 1. The molecule has 4 heteroatoms. The second-order valence-corrected chi connectivity index (χ2v) is 9.80. The van der Waals surface area contributed by atoms with E-state index in [4.69, 9.17) is 4.74 Å². The molecule has 2 aromatic rings. The summed E-state index contributed by atoms with van der Waals surface area (Å²) in [5, 5.41) is 0. The monoisotopic (exact) mass is 416 g/mol. The van der Waals surface area contributed by atoms with Gasteiger partial charge in [0.15, 0.2) is 0 Å². The first kappa shape index (κ1) is 18.9. The number of methoxy groups -OCH3 is 1. The number of esters is 1. The molecule has 0 saturated heterocycles. The van der Waals surface area contributed by atoms with E-state index in [1.165, 1.54) is 32.8 Å². The summed E-state index contributed by atoms with van der Waals surface area (Å²) >= 11 is 0.383. The van der Waals surface area contributed by atoms with Crippen molar-refractivity contribution in [3.05, 3.63) is 71.3 Å². The van der Waals surface area contributed by atoms with Crippen molar-refractivity contribution in [3.63, 3.8) is 0 Å². The minimum atomic E-state index is -0.324. The fourth-order valence-electron chi connectivity index (χ4n) is 3.36. The van der Waals surface area contributed by atoms with E-state index in [1.54, 1.807) is 0 Å². The maximum atomic E-state index is 12.8. The molecule has 0 amide bonds. The van der Waals surface area contributed by atoms with Crippen molar-refractivity contribution in [2.24, 2.45) is 0 Å². The summed E-state index contributed by atoms with van der Waals surface area (Å²) in [7, 11) is 1.39. The molecule has 3 nitrogen and oxygen atoms in total. The summed E-state index contributed by atoms with van der Waals surface area (Å²) in [5.41, 5.74) is 2.50. The second-order valence-electron chi connectivity index (χ2n) is 6.64. The van der Waals surface area contributed by atoms with Gasteiger partial charge in [0.2, 0.25) is 0 Å². The van der Waals surface area contributed by atoms with Gasteiger partial charge in [-0.1, -0.05) is 0 Å². The zero-order valence-corrected chi connectivity index (χ0v) is 16.7. The number of carbonyl (C=O) groups is 2. The molecular formula is C22H24O3Se. The molecule has 1 aliphatic carbocycles. The summed E-state index contributed by atoms with van der Waals surface area (Å²) in [6, 6.07) is 17.1. The Balaban J connectivity index is 1.78. The number of benzene rings is 2. The van der Waals surface area contributed by atoms with Crippen LogP contribution in [0.4, 0.5) is 0 Å². The molecular weight excluding hydrogens is 391 g/mol. The molecule has 1 aliphatic rings. The second kappa shape index (κ2) is 9.16. The molecule has 3 rings (SSSR count). The zero-order valence-electron chi connectivity index (χ0n) is 15.0. The molecule has 0 bridgehead atoms. The Kier molecular flexibility index (Phi) is 6.65. The van der Waals surface area contributed by atoms with Crippen LogP contribution in [0.3, 0.4) is 0 Å². The van der Waals surface area contributed by atoms with Gasteiger partial charge in [0.05, 0.1) is 0 Å². The number of ether oxygens (including phenoxy) is 1. The van der Waals surface area contributed by atoms with E-state index in [0.29, 0.717) is 26.9 Å². The first-order valence-corrected chi connectivity index (χ1v) is 11.1. The van der Waals surface area contributed by atoms with E-state index in [-0.39, 0.29) is 16.6 Å². The van der Waals surface area contributed by atoms with Crippen LogP contribution in [0, 0.1) is 0 Å². The van der Waals surface area contributed by atoms with Gasteiger partial charge in [-0.25, -0.2) is 0 Å². The predicted molar refractivity (Wildman–Crippen MR) is 104 cm³/mol. The van der Waals surface area contributed by atoms with Crippen LogP contribution in [-0.2, 0) is 4.74 Å². The van der Waals surface area contributed by atoms with Crippen molar-refractivity contribution in [2.75, 3.05) is 7.11 Å². The third-order valence-corrected chi connectivity index (χ3v) is 8.24. The van der Waals surface area contributed by atoms with Crippen LogP contribution in [0.5, 0.6) is 0 Å². The Morgan fingerprint density at radius 2 is 1.65 bits per heavy atom. The Morgan fingerprint density at radius 3 is 2.27 bits per heavy atom. The Morgan fingerprint density at radius 1 is 1.00 bits per heavy atom. The topological polar surface area (TPSA) is 43.4 Å². The number of rotatable bonds is 7. The van der Waals surface area contributed by atoms with E-state index in [9.17, 15) is 9.59 Å². The molecule has 136 valence electrons. The summed E-state index contributed by atoms with van der Waals surface area (Å²) in [4.78, 5) is 25.4. The molecule has 0 heterocycles. The first-order chi connectivity index (χ1) is 12.7. The molecule has 0 unspecified atom stereocenters. The first-order valence-electron chi connectivity index (χ1n) is 9.09. The van der Waals surface area contributed by atoms with Crippen molar-refractivity contribution in [2.45, 2.75) is 41.7 Å². The van der Waals surface area contributed by atoms with Crippen LogP contribution in [0.15, 0.2) is 54.6 Å². The molecule has 0 spiro atoms. The summed E-state index contributed by atoms with van der Waals surface area (Å²) in [5.74, 6) is -0.123. The summed E-state index contributed by atoms with van der Waals surface area (Å²) < 4.78 is 4.78. The molecule has 1 fully saturated rings. The predicted octanol–water partition coefficient (Wildman–Crippen LogP) is 4.85. The van der Waals surface area contributed by atoms with Gasteiger partial charge in [-0.15, -0.1) is 0 Å². The number of carbonyl (C=O) groups excluding carboxylic acids is 2. The van der Waals surface area contributed by atoms with Gasteiger partial charge in [-0.2, -0.15) is 0 Å². The molecule has 1 saturated carbocycles. The molecule has 0 radical (unpaired) electrons. The molecule has 2 aromatic carbocycles. The van der Waals surface area contributed by atoms with Crippen molar-refractivity contribution < 1.29 is 14.3 Å². The third kappa shape index (κ3) is 4.84. The van der Waals surface area contributed by atoms with Crippen molar-refractivity contribution in [1.29, 1.82) is 0 Å². The van der Waals surface area contributed by atoms with Gasteiger partial charge < -0.3 is 0 Å². The van der Waals surface area contributed by atoms with E-state index in [1.807, 2.05) is 54.6 Å². The van der Waals surface area contributed by atoms with E-state index in [0.717, 1.165) is 15.9 Å². The van der Waals surface area contributed by atoms with Gasteiger partial charge in [0.1, 0.15) is 0 Å². The van der Waals surface area contributed by atoms with E-state index >= 15 is 0 Å². The van der Waals surface area contributed by atoms with Crippen molar-refractivity contribution in [3.8, 4) is 0 Å². The van der Waals surface area contributed by atoms with Gasteiger partial charge in [0, 0.05) is 0 Å². The Labute approximate surface area is 161 Å². The van der Waals surface area contributed by atoms with Crippen LogP contribution in [0.1, 0.15) is 63.2 Å². The van der Waals surface area contributed by atoms with E-state index in [2.05, 4.69) is 0 Å². The SMILES string of the molecule is COC(=O)c1ccc([C@@H](CC(=O)c2ccccc2)[Se]C2CCCC2)cc1. The molecule has 0 aliphatic heterocycles. The fraction of sp³-hybridized carbons (Fsp3) is 0.364. The fourth-order valence-corrected chi connectivity index (χ4v) is 6.79. The zero-order chi connectivity index (χ0) is 18.4. The van der Waals surface area contributed by atoms with Crippen LogP contribution in [0.2, 0.25) is 4.82 Å². The minimum absolute atomic E-state index is 0.201. The summed E-state index contributed by atoms with van der Waals surface area (Å²) in [6.45, 7) is 0. The van der Waals surface area contributed by atoms with Crippen LogP contribution in [0.25, 0.3) is 0 Å². The van der Waals surface area contributed by atoms with Crippen LogP contribution < -0.4 is 0 Å². The number of hydrogen-bond donors (Lipinski definition) is 0. The van der Waals surface area contributed by atoms with Gasteiger partial charge >= 0.3 is 161 Å². The van der Waals surface area contributed by atoms with Crippen LogP contribution in [-0.4, -0.2) is 33.8 Å². The standard InChI is InChI=1S/C22H24O3Se/c1-25-22(24)18-13-11-17(12-14-18)21(26-19-9-5-6-10-19)15-20(23)16-7-3-2-4-8-16/h2-4,7-8,11-14,19,21H,5-6,9-10,15H2,1H3/t21-/m1/s1. The van der Waals surface area contributed by atoms with Gasteiger partial charge in [-0.05, 0) is 0 Å². The Bertz CT molecular complexity index is 734. The van der Waals surface area contributed by atoms with Gasteiger partial charge in [0.25, 0.3) is 0 Å². The number of hydrogen-bond acceptors (Lipinski definition) is 3. The molecule has 1 atom stereocenters. The molecule has 0 N–H and O–H groups in total.